The minimum absolute atomic E-state index is 0.210. The van der Waals surface area contributed by atoms with Crippen LogP contribution in [0.15, 0.2) is 53.4 Å². The van der Waals surface area contributed by atoms with E-state index in [-0.39, 0.29) is 12.1 Å². The van der Waals surface area contributed by atoms with Crippen LogP contribution in [0.1, 0.15) is 22.8 Å². The number of nitro benzene ring substituents is 1. The Labute approximate surface area is 171 Å². The summed E-state index contributed by atoms with van der Waals surface area (Å²) >= 11 is 1.30. The quantitative estimate of drug-likeness (QED) is 0.307. The first-order chi connectivity index (χ1) is 13.8. The summed E-state index contributed by atoms with van der Waals surface area (Å²) in [6, 6.07) is 12.4. The number of carbonyl (C=O) groups is 3. The van der Waals surface area contributed by atoms with E-state index >= 15 is 0 Å². The monoisotopic (exact) mass is 417 g/mol. The molecule has 0 aromatic heterocycles. The normalized spacial score (nSPS) is 11.2. The van der Waals surface area contributed by atoms with E-state index < -0.39 is 34.6 Å². The Hall–Kier alpha value is -3.40. The molecule has 0 aliphatic heterocycles. The zero-order valence-electron chi connectivity index (χ0n) is 15.7. The minimum Gasteiger partial charge on any atom is -0.449 e. The summed E-state index contributed by atoms with van der Waals surface area (Å²) in [7, 11) is 0. The topological polar surface area (TPSA) is 128 Å². The number of nitrogens with zero attached hydrogens (tertiary/aromatic N) is 1. The third-order valence-electron chi connectivity index (χ3n) is 3.81. The van der Waals surface area contributed by atoms with Gasteiger partial charge in [0.15, 0.2) is 6.10 Å². The molecule has 9 nitrogen and oxygen atoms in total. The Kier molecular flexibility index (Phi) is 7.72. The number of thioether (sulfide) groups is 1. The number of benzene rings is 2. The molecule has 0 fully saturated rings. The summed E-state index contributed by atoms with van der Waals surface area (Å²) in [5.41, 5.74) is 0.145. The molecule has 1 unspecified atom stereocenters. The molecule has 0 saturated heterocycles. The van der Waals surface area contributed by atoms with Gasteiger partial charge in [0.1, 0.15) is 5.56 Å². The Morgan fingerprint density at radius 2 is 1.86 bits per heavy atom. The molecule has 1 atom stereocenters. The van der Waals surface area contributed by atoms with Gasteiger partial charge in [0, 0.05) is 17.5 Å². The first kappa shape index (κ1) is 21.9. The smallest absolute Gasteiger partial charge is 0.345 e. The molecule has 0 bridgehead atoms. The number of imide groups is 1. The summed E-state index contributed by atoms with van der Waals surface area (Å²) in [5, 5.41) is 15.7. The number of amides is 3. The highest BCUT2D eigenvalue weighted by Gasteiger charge is 2.26. The summed E-state index contributed by atoms with van der Waals surface area (Å²) in [5.74, 6) is -1.88. The van der Waals surface area contributed by atoms with Gasteiger partial charge in [0.05, 0.1) is 4.92 Å². The van der Waals surface area contributed by atoms with E-state index in [1.54, 1.807) is 6.26 Å². The lowest BCUT2D eigenvalue weighted by Crippen LogP contribution is -2.44. The van der Waals surface area contributed by atoms with Crippen molar-refractivity contribution in [3.63, 3.8) is 0 Å². The van der Waals surface area contributed by atoms with Crippen LogP contribution >= 0.6 is 11.8 Å². The van der Waals surface area contributed by atoms with Crippen LogP contribution in [0, 0.1) is 10.1 Å². The number of hydrogen-bond donors (Lipinski definition) is 2. The van der Waals surface area contributed by atoms with Crippen molar-refractivity contribution in [3.8, 4) is 0 Å². The molecule has 10 heteroatoms. The van der Waals surface area contributed by atoms with Gasteiger partial charge in [-0.15, -0.1) is 11.8 Å². The van der Waals surface area contributed by atoms with Crippen LogP contribution in [-0.4, -0.2) is 35.2 Å². The fraction of sp³-hybridized carbons (Fsp3) is 0.211. The van der Waals surface area contributed by atoms with Gasteiger partial charge in [-0.3, -0.25) is 20.2 Å². The Bertz CT molecular complexity index is 919. The number of hydrogen-bond acceptors (Lipinski definition) is 7. The number of rotatable bonds is 7. The van der Waals surface area contributed by atoms with Crippen LogP contribution in [0.2, 0.25) is 0 Å². The second-order valence-corrected chi connectivity index (χ2v) is 6.72. The summed E-state index contributed by atoms with van der Waals surface area (Å²) in [6.45, 7) is 1.48. The van der Waals surface area contributed by atoms with E-state index in [9.17, 15) is 24.5 Å². The Morgan fingerprint density at radius 3 is 2.48 bits per heavy atom. The number of carbonyl (C=O) groups excluding carboxylic acids is 3. The van der Waals surface area contributed by atoms with Crippen LogP contribution in [0.4, 0.5) is 10.5 Å². The highest BCUT2D eigenvalue weighted by atomic mass is 32.2. The van der Waals surface area contributed by atoms with Crippen molar-refractivity contribution < 1.29 is 24.0 Å². The molecule has 0 aliphatic rings. The molecule has 2 aromatic rings. The zero-order chi connectivity index (χ0) is 21.4. The second-order valence-electron chi connectivity index (χ2n) is 5.85. The molecule has 0 heterocycles. The summed E-state index contributed by atoms with van der Waals surface area (Å²) < 4.78 is 5.01. The van der Waals surface area contributed by atoms with Crippen LogP contribution in [0.5, 0.6) is 0 Å². The fourth-order valence-corrected chi connectivity index (χ4v) is 2.72. The fourth-order valence-electron chi connectivity index (χ4n) is 2.28. The predicted octanol–water partition coefficient (Wildman–Crippen LogP) is 2.89. The van der Waals surface area contributed by atoms with Gasteiger partial charge in [0.25, 0.3) is 11.6 Å². The second kappa shape index (κ2) is 10.2. The number of ether oxygens (including phenoxy) is 1. The Morgan fingerprint density at radius 1 is 1.17 bits per heavy atom. The number of esters is 1. The molecule has 3 amide bonds. The molecular formula is C19H19N3O6S. The number of nitrogens with one attached hydrogen (secondary N) is 2. The van der Waals surface area contributed by atoms with Crippen molar-refractivity contribution in [1.29, 1.82) is 0 Å². The average molecular weight is 417 g/mol. The van der Waals surface area contributed by atoms with Crippen LogP contribution in [0.3, 0.4) is 0 Å². The molecule has 2 aromatic carbocycles. The first-order valence-electron chi connectivity index (χ1n) is 8.48. The van der Waals surface area contributed by atoms with Crippen LogP contribution < -0.4 is 10.6 Å². The van der Waals surface area contributed by atoms with Gasteiger partial charge in [-0.05, 0) is 30.9 Å². The largest absolute Gasteiger partial charge is 0.449 e. The lowest BCUT2D eigenvalue weighted by molar-refractivity contribution is -0.385. The van der Waals surface area contributed by atoms with E-state index in [0.717, 1.165) is 5.56 Å². The van der Waals surface area contributed by atoms with Crippen LogP contribution in [0.25, 0.3) is 0 Å². The number of urea groups is 1. The van der Waals surface area contributed by atoms with Crippen LogP contribution in [-0.2, 0) is 16.1 Å². The maximum Gasteiger partial charge on any atom is 0.345 e. The van der Waals surface area contributed by atoms with Gasteiger partial charge in [0.2, 0.25) is 0 Å². The van der Waals surface area contributed by atoms with E-state index in [0.29, 0.717) is 4.90 Å². The minimum atomic E-state index is -1.33. The highest BCUT2D eigenvalue weighted by molar-refractivity contribution is 7.98. The van der Waals surface area contributed by atoms with Gasteiger partial charge in [-0.1, -0.05) is 30.3 Å². The van der Waals surface area contributed by atoms with Crippen molar-refractivity contribution >= 4 is 35.4 Å². The zero-order valence-corrected chi connectivity index (χ0v) is 16.5. The summed E-state index contributed by atoms with van der Waals surface area (Å²) in [4.78, 5) is 47.3. The lowest BCUT2D eigenvalue weighted by Gasteiger charge is -2.14. The average Bonchev–Trinajstić information content (AvgIpc) is 2.72. The molecule has 152 valence electrons. The molecule has 29 heavy (non-hydrogen) atoms. The maximum absolute atomic E-state index is 12.3. The lowest BCUT2D eigenvalue weighted by atomic mass is 10.2. The molecule has 2 rings (SSSR count). The molecular weight excluding hydrogens is 398 g/mol. The van der Waals surface area contributed by atoms with Gasteiger partial charge < -0.3 is 10.1 Å². The SMILES string of the molecule is CSc1ccc([N+](=O)[O-])c(C(=O)OC(C)C(=O)NC(=O)NCc2ccccc2)c1. The third kappa shape index (κ3) is 6.32. The van der Waals surface area contributed by atoms with E-state index in [4.69, 9.17) is 4.74 Å². The van der Waals surface area contributed by atoms with Crippen molar-refractivity contribution in [3.05, 3.63) is 69.8 Å². The summed E-state index contributed by atoms with van der Waals surface area (Å²) in [6.07, 6.45) is 0.419. The highest BCUT2D eigenvalue weighted by Crippen LogP contribution is 2.25. The van der Waals surface area contributed by atoms with Gasteiger partial charge >= 0.3 is 12.0 Å². The van der Waals surface area contributed by atoms with Crippen molar-refractivity contribution in [2.75, 3.05) is 6.26 Å². The third-order valence-corrected chi connectivity index (χ3v) is 4.53. The van der Waals surface area contributed by atoms with E-state index in [1.165, 1.54) is 36.9 Å². The predicted molar refractivity (Wildman–Crippen MR) is 107 cm³/mol. The molecule has 2 N–H and O–H groups in total. The van der Waals surface area contributed by atoms with Crippen molar-refractivity contribution in [2.45, 2.75) is 24.5 Å². The maximum atomic E-state index is 12.3. The van der Waals surface area contributed by atoms with E-state index in [2.05, 4.69) is 10.6 Å². The number of nitro groups is 1. The van der Waals surface area contributed by atoms with E-state index in [1.807, 2.05) is 30.3 Å². The molecule has 0 radical (unpaired) electrons. The standard InChI is InChI=1S/C19H19N3O6S/c1-12(17(23)21-19(25)20-11-13-6-4-3-5-7-13)28-18(24)15-10-14(29-2)8-9-16(15)22(26)27/h3-10,12H,11H2,1-2H3,(H2,20,21,23,25). The Balaban J connectivity index is 1.95. The van der Waals surface area contributed by atoms with Gasteiger partial charge in [-0.25, -0.2) is 9.59 Å². The molecule has 0 aliphatic carbocycles. The van der Waals surface area contributed by atoms with Crippen molar-refractivity contribution in [2.24, 2.45) is 0 Å². The first-order valence-corrected chi connectivity index (χ1v) is 9.70. The molecule has 0 saturated carbocycles. The molecule has 0 spiro atoms. The van der Waals surface area contributed by atoms with Crippen molar-refractivity contribution in [1.82, 2.24) is 10.6 Å². The van der Waals surface area contributed by atoms with Gasteiger partial charge in [-0.2, -0.15) is 0 Å².